The van der Waals surface area contributed by atoms with Gasteiger partial charge in [0.05, 0.1) is 24.2 Å². The molecule has 2 aliphatic rings. The van der Waals surface area contributed by atoms with Crippen molar-refractivity contribution in [3.8, 4) is 5.75 Å². The van der Waals surface area contributed by atoms with Crippen molar-refractivity contribution in [3.05, 3.63) is 91.5 Å². The molecular formula is C30H29BrIN3O4. The van der Waals surface area contributed by atoms with Crippen LogP contribution in [-0.2, 0) is 4.79 Å². The summed E-state index contributed by atoms with van der Waals surface area (Å²) in [4.78, 5) is 42.2. The van der Waals surface area contributed by atoms with Crippen molar-refractivity contribution in [1.82, 2.24) is 9.80 Å². The van der Waals surface area contributed by atoms with Crippen molar-refractivity contribution >= 4 is 61.9 Å². The molecule has 0 aliphatic carbocycles. The zero-order valence-electron chi connectivity index (χ0n) is 21.5. The summed E-state index contributed by atoms with van der Waals surface area (Å²) in [6, 6.07) is 20.9. The minimum absolute atomic E-state index is 0.0658. The molecule has 0 spiro atoms. The van der Waals surface area contributed by atoms with Crippen LogP contribution in [0.2, 0.25) is 0 Å². The lowest BCUT2D eigenvalue weighted by Gasteiger charge is -2.38. The van der Waals surface area contributed by atoms with Crippen LogP contribution in [0.3, 0.4) is 0 Å². The number of nitrogens with one attached hydrogen (secondary N) is 1. The van der Waals surface area contributed by atoms with Crippen LogP contribution in [0.1, 0.15) is 45.0 Å². The third kappa shape index (κ3) is 6.14. The van der Waals surface area contributed by atoms with Crippen molar-refractivity contribution in [2.75, 3.05) is 38.6 Å². The van der Waals surface area contributed by atoms with E-state index in [0.717, 1.165) is 26.6 Å². The van der Waals surface area contributed by atoms with Crippen molar-refractivity contribution < 1.29 is 19.1 Å². The van der Waals surface area contributed by atoms with Gasteiger partial charge in [0, 0.05) is 39.9 Å². The highest BCUT2D eigenvalue weighted by atomic mass is 127. The summed E-state index contributed by atoms with van der Waals surface area (Å²) in [5.74, 6) is 0.528. The Morgan fingerprint density at radius 2 is 1.56 bits per heavy atom. The van der Waals surface area contributed by atoms with Gasteiger partial charge < -0.3 is 19.9 Å². The van der Waals surface area contributed by atoms with Crippen molar-refractivity contribution in [2.24, 2.45) is 5.92 Å². The monoisotopic (exact) mass is 701 g/mol. The molecule has 0 saturated carbocycles. The zero-order chi connectivity index (χ0) is 27.5. The molecule has 0 unspecified atom stereocenters. The molecule has 3 amide bonds. The average molecular weight is 702 g/mol. The minimum atomic E-state index is -0.238. The number of benzene rings is 3. The minimum Gasteiger partial charge on any atom is -0.496 e. The maximum Gasteiger partial charge on any atom is 0.257 e. The van der Waals surface area contributed by atoms with Crippen LogP contribution in [0, 0.1) is 9.49 Å². The lowest BCUT2D eigenvalue weighted by molar-refractivity contribution is -0.123. The van der Waals surface area contributed by atoms with Crippen LogP contribution in [0.5, 0.6) is 5.75 Å². The highest BCUT2D eigenvalue weighted by Gasteiger charge is 2.37. The summed E-state index contributed by atoms with van der Waals surface area (Å²) >= 11 is 5.73. The molecule has 0 radical (unpaired) electrons. The lowest BCUT2D eigenvalue weighted by Crippen LogP contribution is -2.54. The summed E-state index contributed by atoms with van der Waals surface area (Å²) in [6.07, 6.45) is 1.80. The van der Waals surface area contributed by atoms with Gasteiger partial charge in [0.1, 0.15) is 5.75 Å². The number of halogens is 2. The number of carbonyl (C=O) groups excluding carboxylic acids is 3. The quantitative estimate of drug-likeness (QED) is 0.330. The fourth-order valence-corrected chi connectivity index (χ4v) is 6.04. The zero-order valence-corrected chi connectivity index (χ0v) is 25.3. The summed E-state index contributed by atoms with van der Waals surface area (Å²) < 4.78 is 7.15. The second kappa shape index (κ2) is 12.1. The standard InChI is InChI=1S/C30H29BrIN3O4/c1-39-27-5-3-2-4-24(27)29(37)35-17-21(18-35)28(36)33-23-9-6-19(7-10-23)20-12-14-34(15-13-20)30(38)25-16-22(32)8-11-26(25)31/h2-11,16,20-21H,12-15,17-18H2,1H3,(H,33,36). The number of amides is 3. The van der Waals surface area contributed by atoms with Crippen LogP contribution in [-0.4, -0.2) is 60.8 Å². The van der Waals surface area contributed by atoms with E-state index in [-0.39, 0.29) is 23.6 Å². The maximum absolute atomic E-state index is 13.0. The highest BCUT2D eigenvalue weighted by Crippen LogP contribution is 2.31. The first-order valence-electron chi connectivity index (χ1n) is 12.9. The van der Waals surface area contributed by atoms with Crippen LogP contribution in [0.4, 0.5) is 5.69 Å². The van der Waals surface area contributed by atoms with Crippen LogP contribution in [0.15, 0.2) is 71.2 Å². The molecule has 0 aromatic heterocycles. The Morgan fingerprint density at radius 1 is 0.897 bits per heavy atom. The Kier molecular flexibility index (Phi) is 8.56. The topological polar surface area (TPSA) is 79.0 Å². The molecule has 1 N–H and O–H groups in total. The van der Waals surface area contributed by atoms with Gasteiger partial charge in [-0.2, -0.15) is 0 Å². The fraction of sp³-hybridized carbons (Fsp3) is 0.300. The van der Waals surface area contributed by atoms with Gasteiger partial charge in [0.15, 0.2) is 0 Å². The molecule has 2 heterocycles. The van der Waals surface area contributed by atoms with E-state index in [2.05, 4.69) is 56.0 Å². The molecule has 2 fully saturated rings. The van der Waals surface area contributed by atoms with E-state index < -0.39 is 0 Å². The van der Waals surface area contributed by atoms with E-state index in [9.17, 15) is 14.4 Å². The number of ether oxygens (including phenoxy) is 1. The van der Waals surface area contributed by atoms with E-state index in [1.54, 1.807) is 30.2 Å². The first kappa shape index (κ1) is 27.6. The number of hydrogen-bond acceptors (Lipinski definition) is 4. The number of anilines is 1. The Hall–Kier alpha value is -2.92. The van der Waals surface area contributed by atoms with Gasteiger partial charge >= 0.3 is 0 Å². The molecule has 5 rings (SSSR count). The predicted octanol–water partition coefficient (Wildman–Crippen LogP) is 5.79. The Balaban J connectivity index is 1.10. The Morgan fingerprint density at radius 3 is 2.26 bits per heavy atom. The van der Waals surface area contributed by atoms with Gasteiger partial charge in [-0.3, -0.25) is 14.4 Å². The van der Waals surface area contributed by atoms with E-state index >= 15 is 0 Å². The fourth-order valence-electron chi connectivity index (χ4n) is 5.13. The highest BCUT2D eigenvalue weighted by molar-refractivity contribution is 14.1. The largest absolute Gasteiger partial charge is 0.496 e. The van der Waals surface area contributed by atoms with Crippen LogP contribution >= 0.6 is 38.5 Å². The van der Waals surface area contributed by atoms with Gasteiger partial charge in [-0.25, -0.2) is 0 Å². The number of methoxy groups -OCH3 is 1. The Labute approximate surface area is 250 Å². The number of nitrogens with zero attached hydrogens (tertiary/aromatic N) is 2. The van der Waals surface area contributed by atoms with Gasteiger partial charge in [0.25, 0.3) is 11.8 Å². The van der Waals surface area contributed by atoms with E-state index in [1.807, 2.05) is 41.3 Å². The Bertz CT molecular complexity index is 1380. The lowest BCUT2D eigenvalue weighted by atomic mass is 9.89. The van der Waals surface area contributed by atoms with Crippen LogP contribution in [0.25, 0.3) is 0 Å². The first-order valence-corrected chi connectivity index (χ1v) is 14.8. The average Bonchev–Trinajstić information content (AvgIpc) is 2.93. The van der Waals surface area contributed by atoms with E-state index in [1.165, 1.54) is 5.56 Å². The molecular weight excluding hydrogens is 673 g/mol. The van der Waals surface area contributed by atoms with Crippen molar-refractivity contribution in [3.63, 3.8) is 0 Å². The van der Waals surface area contributed by atoms with E-state index in [4.69, 9.17) is 4.74 Å². The molecule has 3 aromatic rings. The summed E-state index contributed by atoms with van der Waals surface area (Å²) in [6.45, 7) is 2.20. The number of hydrogen-bond donors (Lipinski definition) is 1. The summed E-state index contributed by atoms with van der Waals surface area (Å²) in [5.41, 5.74) is 3.17. The molecule has 0 bridgehead atoms. The molecule has 7 nitrogen and oxygen atoms in total. The third-order valence-corrected chi connectivity index (χ3v) is 8.83. The molecule has 2 aliphatic heterocycles. The second-order valence-electron chi connectivity index (χ2n) is 9.91. The van der Waals surface area contributed by atoms with Crippen molar-refractivity contribution in [1.29, 1.82) is 0 Å². The molecule has 9 heteroatoms. The number of carbonyl (C=O) groups is 3. The second-order valence-corrected chi connectivity index (χ2v) is 12.0. The molecule has 0 atom stereocenters. The smallest absolute Gasteiger partial charge is 0.257 e. The number of rotatable bonds is 6. The molecule has 202 valence electrons. The van der Waals surface area contributed by atoms with Gasteiger partial charge in [-0.05, 0) is 105 Å². The summed E-state index contributed by atoms with van der Waals surface area (Å²) in [7, 11) is 1.54. The van der Waals surface area contributed by atoms with Gasteiger partial charge in [0.2, 0.25) is 5.91 Å². The van der Waals surface area contributed by atoms with Crippen LogP contribution < -0.4 is 10.1 Å². The molecule has 2 saturated heterocycles. The SMILES string of the molecule is COc1ccccc1C(=O)N1CC(C(=O)Nc2ccc(C3CCN(C(=O)c4cc(I)ccc4Br)CC3)cc2)C1. The van der Waals surface area contributed by atoms with E-state index in [0.29, 0.717) is 49.0 Å². The maximum atomic E-state index is 13.0. The normalized spacial score (nSPS) is 16.0. The summed E-state index contributed by atoms with van der Waals surface area (Å²) in [5, 5.41) is 2.99. The van der Waals surface area contributed by atoms with Crippen molar-refractivity contribution in [2.45, 2.75) is 18.8 Å². The third-order valence-electron chi connectivity index (χ3n) is 7.47. The first-order chi connectivity index (χ1) is 18.8. The van der Waals surface area contributed by atoms with Gasteiger partial charge in [-0.1, -0.05) is 24.3 Å². The molecule has 39 heavy (non-hydrogen) atoms. The number of likely N-dealkylation sites (tertiary alicyclic amines) is 2. The number of piperidine rings is 1. The van der Waals surface area contributed by atoms with Gasteiger partial charge in [-0.15, -0.1) is 0 Å². The number of para-hydroxylation sites is 1. The molecule has 3 aromatic carbocycles. The predicted molar refractivity (Wildman–Crippen MR) is 162 cm³/mol.